The van der Waals surface area contributed by atoms with Crippen molar-refractivity contribution in [2.45, 2.75) is 20.0 Å². The highest BCUT2D eigenvalue weighted by Gasteiger charge is 2.20. The Balaban J connectivity index is 2.21. The quantitative estimate of drug-likeness (QED) is 0.723. The molecule has 1 amide bonds. The SMILES string of the molecule is CC(C)Oc1nc(N)nc(N2CCNC(=O)C2)n1. The molecule has 8 nitrogen and oxygen atoms in total. The molecule has 1 aliphatic rings. The van der Waals surface area contributed by atoms with Gasteiger partial charge in [-0.1, -0.05) is 0 Å². The zero-order valence-corrected chi connectivity index (χ0v) is 10.4. The van der Waals surface area contributed by atoms with E-state index in [0.29, 0.717) is 19.0 Å². The number of piperazine rings is 1. The van der Waals surface area contributed by atoms with E-state index >= 15 is 0 Å². The minimum absolute atomic E-state index is 0.0516. The highest BCUT2D eigenvalue weighted by molar-refractivity contribution is 5.81. The maximum Gasteiger partial charge on any atom is 0.323 e. The smallest absolute Gasteiger partial charge is 0.323 e. The number of amides is 1. The van der Waals surface area contributed by atoms with Crippen LogP contribution >= 0.6 is 0 Å². The van der Waals surface area contributed by atoms with Crippen molar-refractivity contribution in [3.8, 4) is 6.01 Å². The van der Waals surface area contributed by atoms with Crippen molar-refractivity contribution in [2.75, 3.05) is 30.3 Å². The van der Waals surface area contributed by atoms with Crippen LogP contribution in [0.5, 0.6) is 6.01 Å². The standard InChI is InChI=1S/C10H16N6O2/c1-6(2)18-10-14-8(11)13-9(15-10)16-4-3-12-7(17)5-16/h6H,3-5H2,1-2H3,(H,12,17)(H2,11,13,14,15). The molecule has 0 spiro atoms. The number of carbonyl (C=O) groups is 1. The van der Waals surface area contributed by atoms with Crippen LogP contribution < -0.4 is 20.7 Å². The number of nitrogens with two attached hydrogens (primary N) is 1. The van der Waals surface area contributed by atoms with Gasteiger partial charge in [-0.05, 0) is 13.8 Å². The van der Waals surface area contributed by atoms with E-state index in [1.54, 1.807) is 4.90 Å². The number of nitrogens with one attached hydrogen (secondary N) is 1. The van der Waals surface area contributed by atoms with E-state index in [1.807, 2.05) is 13.8 Å². The van der Waals surface area contributed by atoms with Crippen LogP contribution in [0.15, 0.2) is 0 Å². The van der Waals surface area contributed by atoms with Gasteiger partial charge in [0.2, 0.25) is 17.8 Å². The molecule has 98 valence electrons. The third-order valence-corrected chi connectivity index (χ3v) is 2.28. The van der Waals surface area contributed by atoms with Crippen molar-refractivity contribution in [1.82, 2.24) is 20.3 Å². The fourth-order valence-electron chi connectivity index (χ4n) is 1.58. The van der Waals surface area contributed by atoms with Crippen LogP contribution in [0, 0.1) is 0 Å². The van der Waals surface area contributed by atoms with Crippen molar-refractivity contribution in [1.29, 1.82) is 0 Å². The van der Waals surface area contributed by atoms with E-state index < -0.39 is 0 Å². The molecular formula is C10H16N6O2. The summed E-state index contributed by atoms with van der Waals surface area (Å²) in [7, 11) is 0. The molecule has 0 aliphatic carbocycles. The number of anilines is 2. The summed E-state index contributed by atoms with van der Waals surface area (Å²) in [4.78, 5) is 25.1. The molecule has 1 saturated heterocycles. The van der Waals surface area contributed by atoms with Gasteiger partial charge in [0, 0.05) is 13.1 Å². The number of hydrogen-bond donors (Lipinski definition) is 2. The van der Waals surface area contributed by atoms with Gasteiger partial charge in [0.05, 0.1) is 12.6 Å². The monoisotopic (exact) mass is 252 g/mol. The molecule has 0 radical (unpaired) electrons. The Labute approximate surface area is 105 Å². The van der Waals surface area contributed by atoms with Gasteiger partial charge in [-0.15, -0.1) is 0 Å². The van der Waals surface area contributed by atoms with Gasteiger partial charge in [-0.25, -0.2) is 0 Å². The molecule has 0 atom stereocenters. The average molecular weight is 252 g/mol. The lowest BCUT2D eigenvalue weighted by Crippen LogP contribution is -2.48. The molecule has 18 heavy (non-hydrogen) atoms. The number of rotatable bonds is 3. The molecule has 2 rings (SSSR count). The highest BCUT2D eigenvalue weighted by Crippen LogP contribution is 2.14. The predicted octanol–water partition coefficient (Wildman–Crippen LogP) is -0.823. The first kappa shape index (κ1) is 12.3. The molecule has 2 heterocycles. The van der Waals surface area contributed by atoms with Crippen molar-refractivity contribution in [2.24, 2.45) is 0 Å². The third kappa shape index (κ3) is 2.96. The number of hydrogen-bond acceptors (Lipinski definition) is 7. The molecule has 8 heteroatoms. The van der Waals surface area contributed by atoms with Gasteiger partial charge in [0.15, 0.2) is 0 Å². The van der Waals surface area contributed by atoms with Gasteiger partial charge in [0.1, 0.15) is 0 Å². The van der Waals surface area contributed by atoms with Crippen LogP contribution in [0.2, 0.25) is 0 Å². The van der Waals surface area contributed by atoms with E-state index in [9.17, 15) is 4.79 Å². The summed E-state index contributed by atoms with van der Waals surface area (Å²) < 4.78 is 5.38. The van der Waals surface area contributed by atoms with E-state index in [0.717, 1.165) is 0 Å². The van der Waals surface area contributed by atoms with Crippen LogP contribution in [-0.2, 0) is 4.79 Å². The van der Waals surface area contributed by atoms with E-state index in [2.05, 4.69) is 20.3 Å². The minimum atomic E-state index is -0.0634. The molecule has 0 unspecified atom stereocenters. The summed E-state index contributed by atoms with van der Waals surface area (Å²) in [6.45, 7) is 5.15. The Morgan fingerprint density at radius 3 is 2.83 bits per heavy atom. The van der Waals surface area contributed by atoms with E-state index in [4.69, 9.17) is 10.5 Å². The third-order valence-electron chi connectivity index (χ3n) is 2.28. The predicted molar refractivity (Wildman–Crippen MR) is 65.2 cm³/mol. The summed E-state index contributed by atoms with van der Waals surface area (Å²) in [6.07, 6.45) is -0.0516. The van der Waals surface area contributed by atoms with Gasteiger partial charge in [-0.3, -0.25) is 4.79 Å². The van der Waals surface area contributed by atoms with Crippen LogP contribution in [-0.4, -0.2) is 46.6 Å². The maximum absolute atomic E-state index is 11.3. The Bertz CT molecular complexity index is 450. The summed E-state index contributed by atoms with van der Waals surface area (Å²) in [5, 5.41) is 2.73. The summed E-state index contributed by atoms with van der Waals surface area (Å²) >= 11 is 0. The molecule has 0 bridgehead atoms. The van der Waals surface area contributed by atoms with Crippen LogP contribution in [0.3, 0.4) is 0 Å². The van der Waals surface area contributed by atoms with Crippen LogP contribution in [0.25, 0.3) is 0 Å². The number of nitrogen functional groups attached to an aromatic ring is 1. The zero-order chi connectivity index (χ0) is 13.1. The Kier molecular flexibility index (Phi) is 3.45. The Morgan fingerprint density at radius 2 is 2.17 bits per heavy atom. The van der Waals surface area contributed by atoms with Crippen LogP contribution in [0.1, 0.15) is 13.8 Å². The van der Waals surface area contributed by atoms with Gasteiger partial charge in [0.25, 0.3) is 0 Å². The molecule has 0 aromatic carbocycles. The van der Waals surface area contributed by atoms with E-state index in [1.165, 1.54) is 0 Å². The fourth-order valence-corrected chi connectivity index (χ4v) is 1.58. The molecule has 1 fully saturated rings. The molecule has 3 N–H and O–H groups in total. The number of aromatic nitrogens is 3. The second kappa shape index (κ2) is 5.03. The van der Waals surface area contributed by atoms with E-state index in [-0.39, 0.29) is 30.5 Å². The lowest BCUT2D eigenvalue weighted by atomic mass is 10.4. The Hall–Kier alpha value is -2.12. The average Bonchev–Trinajstić information content (AvgIpc) is 2.27. The number of ether oxygens (including phenoxy) is 1. The summed E-state index contributed by atoms with van der Waals surface area (Å²) in [5.74, 6) is 0.390. The summed E-state index contributed by atoms with van der Waals surface area (Å²) in [6, 6.07) is 0.179. The first-order chi connectivity index (χ1) is 8.54. The molecule has 1 aromatic rings. The first-order valence-corrected chi connectivity index (χ1v) is 5.74. The summed E-state index contributed by atoms with van der Waals surface area (Å²) in [5.41, 5.74) is 5.61. The van der Waals surface area contributed by atoms with Gasteiger partial charge >= 0.3 is 6.01 Å². The number of nitrogens with zero attached hydrogens (tertiary/aromatic N) is 4. The highest BCUT2D eigenvalue weighted by atomic mass is 16.5. The maximum atomic E-state index is 11.3. The first-order valence-electron chi connectivity index (χ1n) is 5.74. The Morgan fingerprint density at radius 1 is 1.39 bits per heavy atom. The largest absolute Gasteiger partial charge is 0.461 e. The zero-order valence-electron chi connectivity index (χ0n) is 10.4. The fraction of sp³-hybridized carbons (Fsp3) is 0.600. The van der Waals surface area contributed by atoms with Crippen LogP contribution in [0.4, 0.5) is 11.9 Å². The van der Waals surface area contributed by atoms with Gasteiger partial charge < -0.3 is 20.7 Å². The lowest BCUT2D eigenvalue weighted by Gasteiger charge is -2.26. The second-order valence-electron chi connectivity index (χ2n) is 4.21. The second-order valence-corrected chi connectivity index (χ2v) is 4.21. The minimum Gasteiger partial charge on any atom is -0.461 e. The van der Waals surface area contributed by atoms with Crippen molar-refractivity contribution in [3.63, 3.8) is 0 Å². The van der Waals surface area contributed by atoms with Gasteiger partial charge in [-0.2, -0.15) is 15.0 Å². The molecule has 1 aliphatic heterocycles. The van der Waals surface area contributed by atoms with Crippen molar-refractivity contribution >= 4 is 17.8 Å². The topological polar surface area (TPSA) is 106 Å². The normalized spacial score (nSPS) is 15.7. The molecule has 1 aromatic heterocycles. The van der Waals surface area contributed by atoms with Crippen molar-refractivity contribution < 1.29 is 9.53 Å². The lowest BCUT2D eigenvalue weighted by molar-refractivity contribution is -0.120. The molecular weight excluding hydrogens is 236 g/mol. The van der Waals surface area contributed by atoms with Crippen molar-refractivity contribution in [3.05, 3.63) is 0 Å². The number of carbonyl (C=O) groups excluding carboxylic acids is 1. The molecule has 0 saturated carbocycles.